The van der Waals surface area contributed by atoms with E-state index >= 15 is 0 Å². The van der Waals surface area contributed by atoms with Crippen molar-refractivity contribution < 1.29 is 9.90 Å². The number of amides is 1. The maximum absolute atomic E-state index is 13.5. The number of piperidine rings is 1. The van der Waals surface area contributed by atoms with Gasteiger partial charge in [0.1, 0.15) is 5.75 Å². The fraction of sp³-hybridized carbons (Fsp3) is 0.387. The highest BCUT2D eigenvalue weighted by Crippen LogP contribution is 2.43. The van der Waals surface area contributed by atoms with Gasteiger partial charge in [-0.2, -0.15) is 0 Å². The second-order valence-electron chi connectivity index (χ2n) is 10.4. The molecule has 4 heteroatoms. The molecular weight excluding hydrogens is 432 g/mol. The molecule has 4 atom stereocenters. The Kier molecular flexibility index (Phi) is 7.19. The molecule has 0 saturated carbocycles. The van der Waals surface area contributed by atoms with Gasteiger partial charge >= 0.3 is 0 Å². The summed E-state index contributed by atoms with van der Waals surface area (Å²) in [6.45, 7) is 3.77. The minimum atomic E-state index is 0.131. The number of phenols is 1. The maximum Gasteiger partial charge on any atom is 0.227 e. The van der Waals surface area contributed by atoms with Gasteiger partial charge in [0.15, 0.2) is 0 Å². The summed E-state index contributed by atoms with van der Waals surface area (Å²) in [5.74, 6) is 1.06. The Bertz CT molecular complexity index is 1100. The second-order valence-corrected chi connectivity index (χ2v) is 10.4. The quantitative estimate of drug-likeness (QED) is 0.457. The molecule has 3 aromatic carbocycles. The molecule has 2 aliphatic rings. The summed E-state index contributed by atoms with van der Waals surface area (Å²) in [5, 5.41) is 9.95. The van der Waals surface area contributed by atoms with E-state index in [9.17, 15) is 9.90 Å². The number of rotatable bonds is 8. The Morgan fingerprint density at radius 3 is 2.17 bits per heavy atom. The molecule has 2 fully saturated rings. The summed E-state index contributed by atoms with van der Waals surface area (Å²) in [6, 6.07) is 29.4. The average Bonchev–Trinajstić information content (AvgIpc) is 3.09. The molecule has 2 aliphatic heterocycles. The largest absolute Gasteiger partial charge is 0.508 e. The SMILES string of the molecule is C[C@H](CN1[C@@H]2CC[C@H]1CC(c1cccc(O)c1)C2)N(Cc1ccccc1)C(=O)Cc1ccccc1. The number of carbonyl (C=O) groups is 1. The number of hydrogen-bond acceptors (Lipinski definition) is 3. The minimum Gasteiger partial charge on any atom is -0.508 e. The molecule has 1 amide bonds. The molecule has 2 bridgehead atoms. The van der Waals surface area contributed by atoms with Crippen molar-refractivity contribution in [2.75, 3.05) is 6.54 Å². The molecule has 0 aliphatic carbocycles. The van der Waals surface area contributed by atoms with Crippen LogP contribution in [0, 0.1) is 0 Å². The summed E-state index contributed by atoms with van der Waals surface area (Å²) in [6.07, 6.45) is 5.14. The minimum absolute atomic E-state index is 0.131. The first-order valence-corrected chi connectivity index (χ1v) is 13.0. The zero-order valence-electron chi connectivity index (χ0n) is 20.6. The van der Waals surface area contributed by atoms with Gasteiger partial charge in [0.2, 0.25) is 5.91 Å². The first-order chi connectivity index (χ1) is 17.1. The first-order valence-electron chi connectivity index (χ1n) is 13.0. The van der Waals surface area contributed by atoms with E-state index in [1.807, 2.05) is 60.7 Å². The Labute approximate surface area is 209 Å². The van der Waals surface area contributed by atoms with Crippen LogP contribution >= 0.6 is 0 Å². The van der Waals surface area contributed by atoms with Crippen LogP contribution in [-0.2, 0) is 17.8 Å². The van der Waals surface area contributed by atoms with Crippen molar-refractivity contribution in [1.29, 1.82) is 0 Å². The first kappa shape index (κ1) is 23.6. The topological polar surface area (TPSA) is 43.8 Å². The third-order valence-electron chi connectivity index (χ3n) is 7.95. The van der Waals surface area contributed by atoms with Gasteiger partial charge in [-0.15, -0.1) is 0 Å². The summed E-state index contributed by atoms with van der Waals surface area (Å²) in [7, 11) is 0. The predicted molar refractivity (Wildman–Crippen MR) is 140 cm³/mol. The van der Waals surface area contributed by atoms with Crippen LogP contribution in [0.3, 0.4) is 0 Å². The van der Waals surface area contributed by atoms with Crippen molar-refractivity contribution in [1.82, 2.24) is 9.80 Å². The highest BCUT2D eigenvalue weighted by Gasteiger charge is 2.42. The van der Waals surface area contributed by atoms with E-state index in [0.29, 0.717) is 36.7 Å². The van der Waals surface area contributed by atoms with Gasteiger partial charge in [-0.1, -0.05) is 72.8 Å². The third kappa shape index (κ3) is 5.59. The average molecular weight is 469 g/mol. The monoisotopic (exact) mass is 468 g/mol. The lowest BCUT2D eigenvalue weighted by molar-refractivity contribution is -0.133. The lowest BCUT2D eigenvalue weighted by Gasteiger charge is -2.42. The summed E-state index contributed by atoms with van der Waals surface area (Å²) in [5.41, 5.74) is 3.50. The lowest BCUT2D eigenvalue weighted by atomic mass is 9.85. The van der Waals surface area contributed by atoms with E-state index in [1.165, 1.54) is 24.0 Å². The maximum atomic E-state index is 13.5. The number of fused-ring (bicyclic) bond motifs is 2. The van der Waals surface area contributed by atoms with Crippen LogP contribution < -0.4 is 0 Å². The number of hydrogen-bond donors (Lipinski definition) is 1. The van der Waals surface area contributed by atoms with Crippen LogP contribution in [0.5, 0.6) is 5.75 Å². The van der Waals surface area contributed by atoms with Gasteiger partial charge in [0.25, 0.3) is 0 Å². The van der Waals surface area contributed by atoms with Crippen molar-refractivity contribution in [3.63, 3.8) is 0 Å². The number of carbonyl (C=O) groups excluding carboxylic acids is 1. The van der Waals surface area contributed by atoms with Crippen LogP contribution in [0.4, 0.5) is 0 Å². The van der Waals surface area contributed by atoms with E-state index in [1.54, 1.807) is 6.07 Å². The summed E-state index contributed by atoms with van der Waals surface area (Å²) >= 11 is 0. The number of aromatic hydroxyl groups is 1. The van der Waals surface area contributed by atoms with Crippen LogP contribution in [0.15, 0.2) is 84.9 Å². The summed E-state index contributed by atoms with van der Waals surface area (Å²) < 4.78 is 0. The van der Waals surface area contributed by atoms with Crippen molar-refractivity contribution in [2.45, 2.75) is 69.6 Å². The van der Waals surface area contributed by atoms with Crippen LogP contribution in [0.25, 0.3) is 0 Å². The zero-order chi connectivity index (χ0) is 24.2. The van der Waals surface area contributed by atoms with Gasteiger partial charge in [-0.05, 0) is 67.3 Å². The Morgan fingerprint density at radius 2 is 1.54 bits per heavy atom. The smallest absolute Gasteiger partial charge is 0.227 e. The molecule has 5 rings (SSSR count). The molecule has 182 valence electrons. The molecular formula is C31H36N2O2. The Balaban J connectivity index is 1.29. The summed E-state index contributed by atoms with van der Waals surface area (Å²) in [4.78, 5) is 18.3. The van der Waals surface area contributed by atoms with Gasteiger partial charge in [0, 0.05) is 31.2 Å². The van der Waals surface area contributed by atoms with Crippen LogP contribution in [-0.4, -0.2) is 45.5 Å². The van der Waals surface area contributed by atoms with Crippen molar-refractivity contribution in [3.8, 4) is 5.75 Å². The van der Waals surface area contributed by atoms with E-state index in [-0.39, 0.29) is 11.9 Å². The molecule has 1 N–H and O–H groups in total. The molecule has 4 nitrogen and oxygen atoms in total. The van der Waals surface area contributed by atoms with Gasteiger partial charge in [-0.25, -0.2) is 0 Å². The molecule has 3 aromatic rings. The van der Waals surface area contributed by atoms with Gasteiger partial charge in [-0.3, -0.25) is 9.69 Å². The second kappa shape index (κ2) is 10.7. The number of phenolic OH excluding ortho intramolecular Hbond substituents is 1. The van der Waals surface area contributed by atoms with Gasteiger partial charge < -0.3 is 10.0 Å². The molecule has 2 saturated heterocycles. The molecule has 1 unspecified atom stereocenters. The van der Waals surface area contributed by atoms with E-state index in [0.717, 1.165) is 24.9 Å². The Hall–Kier alpha value is -3.11. The fourth-order valence-electron chi connectivity index (χ4n) is 6.17. The van der Waals surface area contributed by atoms with Crippen molar-refractivity contribution >= 4 is 5.91 Å². The number of benzene rings is 3. The van der Waals surface area contributed by atoms with E-state index in [2.05, 4.69) is 34.9 Å². The van der Waals surface area contributed by atoms with Gasteiger partial charge in [0.05, 0.1) is 6.42 Å². The molecule has 0 radical (unpaired) electrons. The van der Waals surface area contributed by atoms with Crippen molar-refractivity contribution in [3.05, 3.63) is 102 Å². The highest BCUT2D eigenvalue weighted by molar-refractivity contribution is 5.79. The normalized spacial score (nSPS) is 22.6. The molecule has 2 heterocycles. The zero-order valence-corrected chi connectivity index (χ0v) is 20.6. The Morgan fingerprint density at radius 1 is 0.914 bits per heavy atom. The molecule has 0 spiro atoms. The molecule has 35 heavy (non-hydrogen) atoms. The van der Waals surface area contributed by atoms with E-state index in [4.69, 9.17) is 0 Å². The third-order valence-corrected chi connectivity index (χ3v) is 7.95. The van der Waals surface area contributed by atoms with Crippen LogP contribution in [0.2, 0.25) is 0 Å². The van der Waals surface area contributed by atoms with Crippen LogP contribution in [0.1, 0.15) is 55.2 Å². The molecule has 0 aromatic heterocycles. The fourth-order valence-corrected chi connectivity index (χ4v) is 6.17. The standard InChI is InChI=1S/C31H36N2O2/c1-23(21-33-28-15-16-29(33)19-27(18-28)26-13-8-14-30(34)20-26)32(22-25-11-6-3-7-12-25)31(35)17-24-9-4-2-5-10-24/h2-14,20,23,27-29,34H,15-19,21-22H2,1H3/t23-,27?,28-,29+/m1/s1. The predicted octanol–water partition coefficient (Wildman–Crippen LogP) is 5.76. The van der Waals surface area contributed by atoms with Crippen molar-refractivity contribution in [2.24, 2.45) is 0 Å². The highest BCUT2D eigenvalue weighted by atomic mass is 16.3. The number of nitrogens with zero attached hydrogens (tertiary/aromatic N) is 2. The lowest BCUT2D eigenvalue weighted by Crippen LogP contribution is -2.51. The van der Waals surface area contributed by atoms with E-state index < -0.39 is 0 Å².